The number of benzene rings is 1. The molecule has 0 N–H and O–H groups in total. The summed E-state index contributed by atoms with van der Waals surface area (Å²) in [6.45, 7) is 20.8. The van der Waals surface area contributed by atoms with Crippen LogP contribution in [0.1, 0.15) is 118 Å². The second kappa shape index (κ2) is 7.82. The Kier molecular flexibility index (Phi) is 5.71. The summed E-state index contributed by atoms with van der Waals surface area (Å²) in [5, 5.41) is 9.71. The van der Waals surface area contributed by atoms with Crippen molar-refractivity contribution in [2.24, 2.45) is 28.2 Å². The molecule has 1 aromatic carbocycles. The van der Waals surface area contributed by atoms with E-state index in [-0.39, 0.29) is 21.8 Å². The summed E-state index contributed by atoms with van der Waals surface area (Å²) in [6, 6.07) is 4.82. The molecular weight excluding hydrogens is 459 g/mol. The molecule has 6 heteroatoms. The van der Waals surface area contributed by atoms with Gasteiger partial charge in [-0.3, -0.25) is 0 Å². The molecule has 5 aliphatic rings. The van der Waals surface area contributed by atoms with E-state index in [2.05, 4.69) is 84.0 Å². The van der Waals surface area contributed by atoms with E-state index in [4.69, 9.17) is 21.7 Å². The first-order chi connectivity index (χ1) is 15.6. The largest absolute Gasteiger partial charge is 0.239 e. The van der Waals surface area contributed by atoms with Gasteiger partial charge in [-0.15, -0.1) is 0 Å². The van der Waals surface area contributed by atoms with Gasteiger partial charge in [-0.2, -0.15) is 4.78 Å². The fraction of sp³-hybridized carbons (Fsp3) is 0.786. The van der Waals surface area contributed by atoms with E-state index in [9.17, 15) is 0 Å². The van der Waals surface area contributed by atoms with Crippen LogP contribution in [0, 0.1) is 17.8 Å². The molecule has 0 amide bonds. The summed E-state index contributed by atoms with van der Waals surface area (Å²) in [5.41, 5.74) is 5.33. The van der Waals surface area contributed by atoms with Gasteiger partial charge in [0.05, 0.1) is 11.2 Å². The third kappa shape index (κ3) is 4.09. The molecule has 1 atom stereocenters. The molecule has 6 rings (SSSR count). The van der Waals surface area contributed by atoms with Crippen molar-refractivity contribution in [1.29, 1.82) is 0 Å². The molecular formula is C28H44ClN4P. The van der Waals surface area contributed by atoms with Crippen LogP contribution < -0.4 is 4.78 Å². The van der Waals surface area contributed by atoms with Crippen LogP contribution in [-0.2, 0) is 16.2 Å². The lowest BCUT2D eigenvalue weighted by Gasteiger charge is -2.58. The van der Waals surface area contributed by atoms with Crippen LogP contribution in [0.3, 0.4) is 0 Å². The van der Waals surface area contributed by atoms with Crippen LogP contribution in [0.2, 0.25) is 0 Å². The van der Waals surface area contributed by atoms with Gasteiger partial charge in [0.25, 0.3) is 0 Å². The predicted molar refractivity (Wildman–Crippen MR) is 145 cm³/mol. The molecule has 0 saturated heterocycles. The number of halogens is 1. The van der Waals surface area contributed by atoms with Crippen LogP contribution in [-0.4, -0.2) is 10.3 Å². The Morgan fingerprint density at radius 3 is 1.59 bits per heavy atom. The summed E-state index contributed by atoms with van der Waals surface area (Å²) < 4.78 is 4.40. The lowest BCUT2D eigenvalue weighted by Crippen LogP contribution is -2.56. The maximum absolute atomic E-state index is 7.42. The molecule has 4 aliphatic carbocycles. The minimum absolute atomic E-state index is 0.0344. The molecule has 4 bridgehead atoms. The van der Waals surface area contributed by atoms with Crippen molar-refractivity contribution < 1.29 is 0 Å². The van der Waals surface area contributed by atoms with Crippen molar-refractivity contribution in [3.8, 4) is 0 Å². The van der Waals surface area contributed by atoms with Crippen LogP contribution in [0.5, 0.6) is 0 Å². The maximum atomic E-state index is 7.42. The average Bonchev–Trinajstić information content (AvgIpc) is 3.05. The minimum atomic E-state index is -1.19. The third-order valence-corrected chi connectivity index (χ3v) is 11.0. The van der Waals surface area contributed by atoms with Crippen molar-refractivity contribution in [2.45, 2.75) is 123 Å². The van der Waals surface area contributed by atoms with Crippen LogP contribution >= 0.6 is 18.8 Å². The summed E-state index contributed by atoms with van der Waals surface area (Å²) in [6.07, 6.45) is 8.01. The first-order valence-corrected chi connectivity index (χ1v) is 15.4. The van der Waals surface area contributed by atoms with E-state index in [0.29, 0.717) is 0 Å². The van der Waals surface area contributed by atoms with Gasteiger partial charge in [0.15, 0.2) is 0 Å². The fourth-order valence-corrected chi connectivity index (χ4v) is 9.58. The van der Waals surface area contributed by atoms with Gasteiger partial charge in [0, 0.05) is 0 Å². The molecule has 4 fully saturated rings. The molecule has 34 heavy (non-hydrogen) atoms. The van der Waals surface area contributed by atoms with Crippen molar-refractivity contribution in [3.05, 3.63) is 28.8 Å². The van der Waals surface area contributed by atoms with Crippen LogP contribution in [0.15, 0.2) is 22.6 Å². The number of hydrogen-bond acceptors (Lipinski definition) is 4. The summed E-state index contributed by atoms with van der Waals surface area (Å²) >= 11 is 7.42. The number of anilines is 1. The van der Waals surface area contributed by atoms with Crippen LogP contribution in [0.25, 0.3) is 0 Å². The highest BCUT2D eigenvalue weighted by atomic mass is 35.7. The van der Waals surface area contributed by atoms with E-state index in [0.717, 1.165) is 17.8 Å². The van der Waals surface area contributed by atoms with Gasteiger partial charge >= 0.3 is 0 Å². The average molecular weight is 503 g/mol. The third-order valence-electron chi connectivity index (χ3n) is 8.74. The van der Waals surface area contributed by atoms with E-state index >= 15 is 0 Å². The smallest absolute Gasteiger partial charge is 0.215 e. The zero-order valence-corrected chi connectivity index (χ0v) is 24.4. The first kappa shape index (κ1) is 24.8. The Labute approximate surface area is 213 Å². The van der Waals surface area contributed by atoms with Gasteiger partial charge in [-0.05, 0) is 111 Å². The standard InChI is InChI=1S/C28H44ClN4P/c1-25(2,3)21-13-22(26(4,5)6)24(23(14-21)27(7,8)9)32-30-31-33(34(32)29)28-15-18-10-19(16-28)12-20(11-18)17-28/h13-14,18-20H,10-12,15-17H2,1-9H3. The highest BCUT2D eigenvalue weighted by molar-refractivity contribution is 7.83. The van der Waals surface area contributed by atoms with E-state index in [1.54, 1.807) is 0 Å². The fourth-order valence-electron chi connectivity index (χ4n) is 7.36. The number of hydrogen-bond donors (Lipinski definition) is 0. The molecule has 1 aromatic rings. The minimum Gasteiger partial charge on any atom is -0.215 e. The van der Waals surface area contributed by atoms with Gasteiger partial charge in [-0.25, -0.2) is 4.78 Å². The molecule has 0 aromatic heterocycles. The van der Waals surface area contributed by atoms with Crippen molar-refractivity contribution >= 4 is 24.5 Å². The van der Waals surface area contributed by atoms with Crippen molar-refractivity contribution in [1.82, 2.24) is 4.78 Å². The number of rotatable bonds is 2. The Hall–Kier alpha value is -0.860. The Balaban J connectivity index is 1.60. The lowest BCUT2D eigenvalue weighted by molar-refractivity contribution is -0.0552. The molecule has 0 spiro atoms. The van der Waals surface area contributed by atoms with Crippen LogP contribution in [0.4, 0.5) is 5.69 Å². The molecule has 1 unspecified atom stereocenters. The lowest BCUT2D eigenvalue weighted by atomic mass is 9.53. The highest BCUT2D eigenvalue weighted by Crippen LogP contribution is 2.68. The predicted octanol–water partition coefficient (Wildman–Crippen LogP) is 9.42. The molecule has 0 radical (unpaired) electrons. The first-order valence-electron chi connectivity index (χ1n) is 13.3. The second-order valence-corrected chi connectivity index (χ2v) is 17.0. The summed E-state index contributed by atoms with van der Waals surface area (Å²) in [7, 11) is -1.19. The van der Waals surface area contributed by atoms with E-state index in [1.807, 2.05) is 0 Å². The van der Waals surface area contributed by atoms with Crippen molar-refractivity contribution in [2.75, 3.05) is 4.78 Å². The highest BCUT2D eigenvalue weighted by Gasteiger charge is 2.57. The maximum Gasteiger partial charge on any atom is 0.239 e. The van der Waals surface area contributed by atoms with Gasteiger partial charge < -0.3 is 0 Å². The Bertz CT molecular complexity index is 927. The van der Waals surface area contributed by atoms with Gasteiger partial charge in [-0.1, -0.05) is 74.4 Å². The molecule has 4 nitrogen and oxygen atoms in total. The van der Waals surface area contributed by atoms with Crippen molar-refractivity contribution in [3.63, 3.8) is 0 Å². The Morgan fingerprint density at radius 1 is 0.765 bits per heavy atom. The normalized spacial score (nSPS) is 33.4. The topological polar surface area (TPSA) is 31.2 Å². The SMILES string of the molecule is CC(C)(C)c1cc(C(C)(C)C)c(N2N=NN(C34CC5CC(CC(C5)C3)C4)P2Cl)c(C(C)(C)C)c1. The summed E-state index contributed by atoms with van der Waals surface area (Å²) in [4.78, 5) is 0. The second-order valence-electron chi connectivity index (χ2n) is 14.8. The van der Waals surface area contributed by atoms with Gasteiger partial charge in [0.2, 0.25) is 7.58 Å². The monoisotopic (exact) mass is 502 g/mol. The van der Waals surface area contributed by atoms with Gasteiger partial charge in [0.1, 0.15) is 0 Å². The summed E-state index contributed by atoms with van der Waals surface area (Å²) in [5.74, 6) is 2.57. The molecule has 1 heterocycles. The molecule has 188 valence electrons. The zero-order chi connectivity index (χ0) is 24.8. The molecule has 1 aliphatic heterocycles. The van der Waals surface area contributed by atoms with E-state index < -0.39 is 7.58 Å². The zero-order valence-electron chi connectivity index (χ0n) is 22.7. The quantitative estimate of drug-likeness (QED) is 0.377. The van der Waals surface area contributed by atoms with E-state index in [1.165, 1.54) is 60.9 Å². The number of nitrogens with zero attached hydrogens (tertiary/aromatic N) is 4. The Morgan fingerprint density at radius 2 is 1.21 bits per heavy atom. The molecule has 4 saturated carbocycles.